The van der Waals surface area contributed by atoms with Gasteiger partial charge in [-0.25, -0.2) is 4.98 Å². The normalized spacial score (nSPS) is 10.9. The molecule has 0 atom stereocenters. The van der Waals surface area contributed by atoms with Gasteiger partial charge in [0.2, 0.25) is 0 Å². The molecule has 2 aromatic heterocycles. The maximum atomic E-state index is 4.38. The number of H-pyrrole nitrogens is 1. The Morgan fingerprint density at radius 3 is 2.71 bits per heavy atom. The third-order valence-electron chi connectivity index (χ3n) is 3.05. The van der Waals surface area contributed by atoms with E-state index in [9.17, 15) is 0 Å². The number of aromatic nitrogens is 2. The highest BCUT2D eigenvalue weighted by Gasteiger charge is 2.06. The molecule has 0 bridgehead atoms. The summed E-state index contributed by atoms with van der Waals surface area (Å²) in [6.45, 7) is 2.15. The van der Waals surface area contributed by atoms with E-state index in [2.05, 4.69) is 53.3 Å². The van der Waals surface area contributed by atoms with Crippen LogP contribution in [-0.4, -0.2) is 9.97 Å². The minimum atomic E-state index is 0.975. The van der Waals surface area contributed by atoms with Crippen LogP contribution < -0.4 is 0 Å². The summed E-state index contributed by atoms with van der Waals surface area (Å²) in [5, 5.41) is 1.20. The van der Waals surface area contributed by atoms with Crippen LogP contribution in [-0.2, 0) is 6.42 Å². The Morgan fingerprint density at radius 1 is 1.12 bits per heavy atom. The molecule has 0 fully saturated rings. The number of hydrogen-bond acceptors (Lipinski definition) is 1. The number of aromatic amines is 1. The van der Waals surface area contributed by atoms with E-state index in [4.69, 9.17) is 0 Å². The summed E-state index contributed by atoms with van der Waals surface area (Å²) in [5.41, 5.74) is 4.69. The number of hydrogen-bond donors (Lipinski definition) is 1. The number of nitrogens with zero attached hydrogens (tertiary/aromatic N) is 1. The molecule has 1 N–H and O–H groups in total. The van der Waals surface area contributed by atoms with Gasteiger partial charge in [-0.15, -0.1) is 0 Å². The molecular formula is C15H14N2. The van der Waals surface area contributed by atoms with Crippen LogP contribution in [0.25, 0.3) is 22.2 Å². The van der Waals surface area contributed by atoms with E-state index < -0.39 is 0 Å². The molecular weight excluding hydrogens is 208 g/mol. The fourth-order valence-corrected chi connectivity index (χ4v) is 2.14. The van der Waals surface area contributed by atoms with Crippen LogP contribution in [0.3, 0.4) is 0 Å². The van der Waals surface area contributed by atoms with Gasteiger partial charge < -0.3 is 4.98 Å². The topological polar surface area (TPSA) is 28.7 Å². The van der Waals surface area contributed by atoms with Gasteiger partial charge in [-0.2, -0.15) is 0 Å². The summed E-state index contributed by atoms with van der Waals surface area (Å²) in [4.78, 5) is 7.72. The highest BCUT2D eigenvalue weighted by molar-refractivity contribution is 5.93. The van der Waals surface area contributed by atoms with Crippen molar-refractivity contribution in [3.63, 3.8) is 0 Å². The standard InChI is InChI=1S/C15H14N2/c1-2-12-10-14-13(8-9-16-15(14)17-12)11-6-4-3-5-7-11/h3-10H,2H2,1H3,(H,16,17). The van der Waals surface area contributed by atoms with Gasteiger partial charge in [0, 0.05) is 17.3 Å². The molecule has 3 rings (SSSR count). The van der Waals surface area contributed by atoms with Gasteiger partial charge in [-0.1, -0.05) is 37.3 Å². The molecule has 0 amide bonds. The minimum Gasteiger partial charge on any atom is -0.343 e. The fourth-order valence-electron chi connectivity index (χ4n) is 2.14. The SMILES string of the molecule is CCc1cc2c(-c3ccccc3)ccnc2[nH]1. The van der Waals surface area contributed by atoms with E-state index in [1.165, 1.54) is 22.2 Å². The van der Waals surface area contributed by atoms with Gasteiger partial charge in [0.25, 0.3) is 0 Å². The molecule has 3 aromatic rings. The molecule has 2 heterocycles. The first-order valence-corrected chi connectivity index (χ1v) is 5.90. The molecule has 0 saturated heterocycles. The zero-order chi connectivity index (χ0) is 11.7. The second-order valence-electron chi connectivity index (χ2n) is 4.13. The maximum Gasteiger partial charge on any atom is 0.138 e. The molecule has 84 valence electrons. The van der Waals surface area contributed by atoms with Gasteiger partial charge in [-0.3, -0.25) is 0 Å². The molecule has 2 heteroatoms. The summed E-state index contributed by atoms with van der Waals surface area (Å²) in [6, 6.07) is 14.7. The van der Waals surface area contributed by atoms with Gasteiger partial charge in [-0.05, 0) is 29.7 Å². The van der Waals surface area contributed by atoms with Crippen molar-refractivity contribution in [1.82, 2.24) is 9.97 Å². The van der Waals surface area contributed by atoms with Gasteiger partial charge in [0.05, 0.1) is 0 Å². The third kappa shape index (κ3) is 1.72. The van der Waals surface area contributed by atoms with Crippen LogP contribution in [0.15, 0.2) is 48.7 Å². The zero-order valence-electron chi connectivity index (χ0n) is 9.77. The maximum absolute atomic E-state index is 4.38. The lowest BCUT2D eigenvalue weighted by atomic mass is 10.0. The highest BCUT2D eigenvalue weighted by atomic mass is 14.8. The molecule has 2 nitrogen and oxygen atoms in total. The second kappa shape index (κ2) is 4.06. The molecule has 0 saturated carbocycles. The van der Waals surface area contributed by atoms with Crippen molar-refractivity contribution in [2.75, 3.05) is 0 Å². The minimum absolute atomic E-state index is 0.975. The monoisotopic (exact) mass is 222 g/mol. The Hall–Kier alpha value is -2.09. The number of pyridine rings is 1. The van der Waals surface area contributed by atoms with E-state index in [0.717, 1.165) is 12.1 Å². The van der Waals surface area contributed by atoms with Gasteiger partial charge in [0.15, 0.2) is 0 Å². The first-order chi connectivity index (χ1) is 8.38. The first-order valence-electron chi connectivity index (χ1n) is 5.90. The fraction of sp³-hybridized carbons (Fsp3) is 0.133. The van der Waals surface area contributed by atoms with E-state index in [1.54, 1.807) is 0 Å². The van der Waals surface area contributed by atoms with Crippen LogP contribution in [0.5, 0.6) is 0 Å². The van der Waals surface area contributed by atoms with Crippen LogP contribution in [0.1, 0.15) is 12.6 Å². The molecule has 0 aliphatic rings. The molecule has 1 aromatic carbocycles. The van der Waals surface area contributed by atoms with E-state index in [1.807, 2.05) is 12.3 Å². The predicted molar refractivity (Wildman–Crippen MR) is 70.9 cm³/mol. The number of nitrogens with one attached hydrogen (secondary N) is 1. The summed E-state index contributed by atoms with van der Waals surface area (Å²) in [6.07, 6.45) is 2.87. The third-order valence-corrected chi connectivity index (χ3v) is 3.05. The Morgan fingerprint density at radius 2 is 1.94 bits per heavy atom. The van der Waals surface area contributed by atoms with Gasteiger partial charge >= 0.3 is 0 Å². The summed E-state index contributed by atoms with van der Waals surface area (Å²) in [7, 11) is 0. The van der Waals surface area contributed by atoms with Crippen LogP contribution >= 0.6 is 0 Å². The van der Waals surface area contributed by atoms with Crippen molar-refractivity contribution < 1.29 is 0 Å². The van der Waals surface area contributed by atoms with Crippen molar-refractivity contribution in [1.29, 1.82) is 0 Å². The average molecular weight is 222 g/mol. The molecule has 0 aliphatic heterocycles. The Kier molecular flexibility index (Phi) is 2.41. The quantitative estimate of drug-likeness (QED) is 0.702. The van der Waals surface area contributed by atoms with Crippen molar-refractivity contribution in [2.45, 2.75) is 13.3 Å². The number of benzene rings is 1. The largest absolute Gasteiger partial charge is 0.343 e. The lowest BCUT2D eigenvalue weighted by molar-refractivity contribution is 1.07. The smallest absolute Gasteiger partial charge is 0.138 e. The summed E-state index contributed by atoms with van der Waals surface area (Å²) in [5.74, 6) is 0. The molecule has 0 spiro atoms. The second-order valence-corrected chi connectivity index (χ2v) is 4.13. The predicted octanol–water partition coefficient (Wildman–Crippen LogP) is 3.79. The van der Waals surface area contributed by atoms with Crippen molar-refractivity contribution >= 4 is 11.0 Å². The zero-order valence-corrected chi connectivity index (χ0v) is 9.77. The molecule has 0 unspecified atom stereocenters. The van der Waals surface area contributed by atoms with Crippen LogP contribution in [0.2, 0.25) is 0 Å². The number of fused-ring (bicyclic) bond motifs is 1. The Bertz CT molecular complexity index is 638. The van der Waals surface area contributed by atoms with Crippen LogP contribution in [0, 0.1) is 0 Å². The number of aryl methyl sites for hydroxylation is 1. The molecule has 17 heavy (non-hydrogen) atoms. The van der Waals surface area contributed by atoms with E-state index in [0.29, 0.717) is 0 Å². The van der Waals surface area contributed by atoms with Gasteiger partial charge in [0.1, 0.15) is 5.65 Å². The molecule has 0 aliphatic carbocycles. The lowest BCUT2D eigenvalue weighted by Gasteiger charge is -2.02. The van der Waals surface area contributed by atoms with Crippen molar-refractivity contribution in [3.8, 4) is 11.1 Å². The van der Waals surface area contributed by atoms with Crippen LogP contribution in [0.4, 0.5) is 0 Å². The summed E-state index contributed by atoms with van der Waals surface area (Å²) >= 11 is 0. The van der Waals surface area contributed by atoms with Crippen molar-refractivity contribution in [2.24, 2.45) is 0 Å². The summed E-state index contributed by atoms with van der Waals surface area (Å²) < 4.78 is 0. The van der Waals surface area contributed by atoms with E-state index in [-0.39, 0.29) is 0 Å². The lowest BCUT2D eigenvalue weighted by Crippen LogP contribution is -1.81. The highest BCUT2D eigenvalue weighted by Crippen LogP contribution is 2.27. The number of rotatable bonds is 2. The average Bonchev–Trinajstić information content (AvgIpc) is 2.82. The van der Waals surface area contributed by atoms with Crippen molar-refractivity contribution in [3.05, 3.63) is 54.4 Å². The Labute approximate surface area is 100 Å². The first kappa shape index (κ1) is 10.1. The molecule has 0 radical (unpaired) electrons. The van der Waals surface area contributed by atoms with E-state index >= 15 is 0 Å². The Balaban J connectivity index is 2.26.